The van der Waals surface area contributed by atoms with Crippen LogP contribution < -0.4 is 15.5 Å². The summed E-state index contributed by atoms with van der Waals surface area (Å²) in [4.78, 5) is 11.6. The van der Waals surface area contributed by atoms with Crippen molar-refractivity contribution in [2.45, 2.75) is 12.8 Å². The number of unbranched alkanes of at least 4 members (excludes halogenated alkanes) is 1. The van der Waals surface area contributed by atoms with Gasteiger partial charge in [-0.25, -0.2) is 4.99 Å². The van der Waals surface area contributed by atoms with Gasteiger partial charge in [0.25, 0.3) is 5.96 Å². The standard InChI is InChI=1S/C23H23N5O/c1-24-28-23(27-20-13-16-25-17-14-20)26-15-7-8-18-29-22-12-6-5-11-21(22)19-9-3-2-4-10-19/h2-6,9-14,16-17H,7-8,15,18H2,(H2,25,26,27,28). The van der Waals surface area contributed by atoms with Crippen molar-refractivity contribution in [2.75, 3.05) is 18.5 Å². The number of nitrogens with zero attached hydrogens (tertiary/aromatic N) is 3. The zero-order valence-corrected chi connectivity index (χ0v) is 16.1. The van der Waals surface area contributed by atoms with Gasteiger partial charge in [-0.1, -0.05) is 54.0 Å². The largest absolute Gasteiger partial charge is 0.493 e. The molecule has 1 heterocycles. The van der Waals surface area contributed by atoms with Gasteiger partial charge < -0.3 is 10.1 Å². The number of pyridine rings is 1. The third-order valence-corrected chi connectivity index (χ3v) is 4.16. The van der Waals surface area contributed by atoms with E-state index < -0.39 is 0 Å². The Balaban J connectivity index is 1.47. The second-order valence-corrected chi connectivity index (χ2v) is 6.23. The molecular weight excluding hydrogens is 362 g/mol. The van der Waals surface area contributed by atoms with Crippen molar-refractivity contribution in [3.8, 4) is 16.9 Å². The van der Waals surface area contributed by atoms with Crippen LogP contribution in [0, 0.1) is 6.57 Å². The van der Waals surface area contributed by atoms with Crippen LogP contribution in [-0.4, -0.2) is 24.1 Å². The van der Waals surface area contributed by atoms with Crippen LogP contribution in [0.25, 0.3) is 16.1 Å². The summed E-state index contributed by atoms with van der Waals surface area (Å²) < 4.78 is 6.01. The lowest BCUT2D eigenvalue weighted by molar-refractivity contribution is 0.309. The first-order valence-corrected chi connectivity index (χ1v) is 9.48. The van der Waals surface area contributed by atoms with Gasteiger partial charge in [0.05, 0.1) is 6.61 Å². The second kappa shape index (κ2) is 11.1. The van der Waals surface area contributed by atoms with E-state index in [4.69, 9.17) is 11.3 Å². The summed E-state index contributed by atoms with van der Waals surface area (Å²) in [6.07, 6.45) is 5.09. The van der Waals surface area contributed by atoms with E-state index in [0.29, 0.717) is 19.1 Å². The minimum Gasteiger partial charge on any atom is -0.493 e. The van der Waals surface area contributed by atoms with E-state index in [2.05, 4.69) is 43.9 Å². The normalized spacial score (nSPS) is 10.8. The molecule has 29 heavy (non-hydrogen) atoms. The number of nitrogens with one attached hydrogen (secondary N) is 2. The van der Waals surface area contributed by atoms with E-state index in [9.17, 15) is 0 Å². The Bertz CT molecular complexity index is 952. The molecule has 6 nitrogen and oxygen atoms in total. The summed E-state index contributed by atoms with van der Waals surface area (Å²) >= 11 is 0. The topological polar surface area (TPSA) is 62.9 Å². The Morgan fingerprint density at radius 1 is 0.966 bits per heavy atom. The fourth-order valence-electron chi connectivity index (χ4n) is 2.76. The van der Waals surface area contributed by atoms with Gasteiger partial charge in [0, 0.05) is 30.2 Å². The van der Waals surface area contributed by atoms with Gasteiger partial charge in [0.15, 0.2) is 0 Å². The van der Waals surface area contributed by atoms with Crippen LogP contribution in [0.5, 0.6) is 5.75 Å². The lowest BCUT2D eigenvalue weighted by atomic mass is 10.1. The second-order valence-electron chi connectivity index (χ2n) is 6.23. The van der Waals surface area contributed by atoms with E-state index in [1.54, 1.807) is 12.4 Å². The highest BCUT2D eigenvalue weighted by Crippen LogP contribution is 2.29. The predicted octanol–water partition coefficient (Wildman–Crippen LogP) is 4.80. The molecule has 0 fully saturated rings. The summed E-state index contributed by atoms with van der Waals surface area (Å²) in [6, 6.07) is 21.9. The van der Waals surface area contributed by atoms with Crippen molar-refractivity contribution in [3.63, 3.8) is 0 Å². The molecule has 1 aromatic heterocycles. The summed E-state index contributed by atoms with van der Waals surface area (Å²) in [5, 5.41) is 3.08. The molecule has 0 aliphatic heterocycles. The van der Waals surface area contributed by atoms with E-state index in [1.165, 1.54) is 0 Å². The molecule has 0 spiro atoms. The molecule has 0 radical (unpaired) electrons. The molecule has 0 saturated heterocycles. The van der Waals surface area contributed by atoms with Gasteiger partial charge in [0.1, 0.15) is 5.75 Å². The SMILES string of the molecule is [C-]#[N+]NC(=NCCCCOc1ccccc1-c1ccccc1)Nc1ccncc1. The molecule has 0 saturated carbocycles. The van der Waals surface area contributed by atoms with Gasteiger partial charge in [-0.3, -0.25) is 4.98 Å². The van der Waals surface area contributed by atoms with Gasteiger partial charge in [-0.2, -0.15) is 11.5 Å². The fraction of sp³-hybridized carbons (Fsp3) is 0.174. The number of hydrogen-bond acceptors (Lipinski definition) is 3. The molecule has 0 bridgehead atoms. The molecular formula is C23H23N5O. The van der Waals surface area contributed by atoms with Crippen LogP contribution in [0.3, 0.4) is 0 Å². The molecule has 3 rings (SSSR count). The Morgan fingerprint density at radius 2 is 1.72 bits per heavy atom. The maximum Gasteiger partial charge on any atom is 0.266 e. The highest BCUT2D eigenvalue weighted by molar-refractivity contribution is 5.93. The molecule has 0 atom stereocenters. The molecule has 0 aliphatic rings. The Hall–Kier alpha value is -3.85. The number of rotatable bonds is 8. The maximum absolute atomic E-state index is 6.99. The zero-order chi connectivity index (χ0) is 20.2. The number of aromatic nitrogens is 1. The Labute approximate surface area is 171 Å². The van der Waals surface area contributed by atoms with Crippen molar-refractivity contribution < 1.29 is 4.74 Å². The summed E-state index contributed by atoms with van der Waals surface area (Å²) in [5.74, 6) is 1.32. The van der Waals surface area contributed by atoms with Crippen LogP contribution in [0.4, 0.5) is 5.69 Å². The first kappa shape index (κ1) is 19.9. The van der Waals surface area contributed by atoms with Crippen LogP contribution >= 0.6 is 0 Å². The lowest BCUT2D eigenvalue weighted by Gasteiger charge is -2.11. The molecule has 146 valence electrons. The van der Waals surface area contributed by atoms with E-state index in [-0.39, 0.29) is 0 Å². The monoisotopic (exact) mass is 385 g/mol. The van der Waals surface area contributed by atoms with Crippen molar-refractivity contribution in [1.82, 2.24) is 10.4 Å². The predicted molar refractivity (Wildman–Crippen MR) is 117 cm³/mol. The van der Waals surface area contributed by atoms with Gasteiger partial charge in [-0.15, -0.1) is 0 Å². The lowest BCUT2D eigenvalue weighted by Crippen LogP contribution is -2.25. The van der Waals surface area contributed by atoms with E-state index in [1.807, 2.05) is 48.5 Å². The number of anilines is 1. The first-order chi connectivity index (χ1) is 14.4. The average molecular weight is 385 g/mol. The number of guanidine groups is 1. The number of aliphatic imine (C=N–C) groups is 1. The molecule has 3 aromatic rings. The number of para-hydroxylation sites is 1. The third-order valence-electron chi connectivity index (χ3n) is 4.16. The molecule has 6 heteroatoms. The van der Waals surface area contributed by atoms with Crippen molar-refractivity contribution in [1.29, 1.82) is 0 Å². The van der Waals surface area contributed by atoms with Crippen molar-refractivity contribution in [2.24, 2.45) is 4.99 Å². The smallest absolute Gasteiger partial charge is 0.266 e. The van der Waals surface area contributed by atoms with Gasteiger partial charge >= 0.3 is 0 Å². The number of ether oxygens (including phenoxy) is 1. The van der Waals surface area contributed by atoms with Crippen molar-refractivity contribution in [3.05, 3.63) is 90.6 Å². The Morgan fingerprint density at radius 3 is 2.52 bits per heavy atom. The molecule has 2 aromatic carbocycles. The number of benzene rings is 2. The van der Waals surface area contributed by atoms with Crippen LogP contribution in [0.15, 0.2) is 84.1 Å². The highest BCUT2D eigenvalue weighted by atomic mass is 16.5. The summed E-state index contributed by atoms with van der Waals surface area (Å²) in [5.41, 5.74) is 5.62. The quantitative estimate of drug-likeness (QED) is 0.192. The van der Waals surface area contributed by atoms with Crippen LogP contribution in [0.1, 0.15) is 12.8 Å². The fourth-order valence-corrected chi connectivity index (χ4v) is 2.76. The van der Waals surface area contributed by atoms with Crippen LogP contribution in [-0.2, 0) is 0 Å². The molecule has 0 amide bonds. The number of hydrogen-bond donors (Lipinski definition) is 2. The zero-order valence-electron chi connectivity index (χ0n) is 16.1. The van der Waals surface area contributed by atoms with E-state index >= 15 is 0 Å². The van der Waals surface area contributed by atoms with Crippen molar-refractivity contribution >= 4 is 11.6 Å². The van der Waals surface area contributed by atoms with Gasteiger partial charge in [-0.05, 0) is 36.6 Å². The first-order valence-electron chi connectivity index (χ1n) is 9.48. The van der Waals surface area contributed by atoms with E-state index in [0.717, 1.165) is 35.4 Å². The summed E-state index contributed by atoms with van der Waals surface area (Å²) in [6.45, 7) is 8.20. The van der Waals surface area contributed by atoms with Crippen LogP contribution in [0.2, 0.25) is 0 Å². The minimum atomic E-state index is 0.432. The Kier molecular flexibility index (Phi) is 7.62. The molecule has 0 unspecified atom stereocenters. The van der Waals surface area contributed by atoms with Gasteiger partial charge in [0.2, 0.25) is 0 Å². The maximum atomic E-state index is 6.99. The molecule has 0 aliphatic carbocycles. The summed E-state index contributed by atoms with van der Waals surface area (Å²) in [7, 11) is 0. The minimum absolute atomic E-state index is 0.432. The third kappa shape index (κ3) is 6.36. The average Bonchev–Trinajstić information content (AvgIpc) is 2.78. The highest BCUT2D eigenvalue weighted by Gasteiger charge is 2.05. The molecule has 2 N–H and O–H groups in total.